The highest BCUT2D eigenvalue weighted by atomic mass is 16.3. The number of aromatic nitrogens is 6. The quantitative estimate of drug-likeness (QED) is 0.210. The predicted molar refractivity (Wildman–Crippen MR) is 144 cm³/mol. The van der Waals surface area contributed by atoms with Crippen molar-refractivity contribution in [2.45, 2.75) is 33.4 Å². The summed E-state index contributed by atoms with van der Waals surface area (Å²) < 4.78 is 5.24. The molecule has 4 N–H and O–H groups in total. The molecule has 9 nitrogen and oxygen atoms in total. The van der Waals surface area contributed by atoms with E-state index < -0.39 is 6.23 Å². The Hall–Kier alpha value is -4.50. The Morgan fingerprint density at radius 2 is 1.89 bits per heavy atom. The van der Waals surface area contributed by atoms with Crippen LogP contribution in [0.1, 0.15) is 27.2 Å². The van der Waals surface area contributed by atoms with Gasteiger partial charge in [0.1, 0.15) is 23.1 Å². The SMILES string of the molecule is CC(C)(C)CC(O)Nc1cncc(-c2ccc3[nH]nc(-c4nc5c(-c6ccoc6)nccc5[nH]4)c3c2)c1. The summed E-state index contributed by atoms with van der Waals surface area (Å²) in [5, 5.41) is 22.2. The number of rotatable bonds is 6. The van der Waals surface area contributed by atoms with Crippen molar-refractivity contribution in [1.29, 1.82) is 0 Å². The molecule has 0 amide bonds. The van der Waals surface area contributed by atoms with E-state index in [1.807, 2.05) is 36.5 Å². The molecule has 0 aliphatic carbocycles. The van der Waals surface area contributed by atoms with E-state index >= 15 is 0 Å². The number of hydrogen-bond acceptors (Lipinski definition) is 7. The maximum atomic E-state index is 10.4. The number of benzene rings is 1. The molecule has 0 spiro atoms. The van der Waals surface area contributed by atoms with E-state index in [1.54, 1.807) is 24.9 Å². The average Bonchev–Trinajstić information content (AvgIpc) is 3.61. The number of hydrogen-bond donors (Lipinski definition) is 4. The summed E-state index contributed by atoms with van der Waals surface area (Å²) in [6.45, 7) is 6.29. The molecule has 186 valence electrons. The van der Waals surface area contributed by atoms with Gasteiger partial charge in [-0.3, -0.25) is 15.1 Å². The van der Waals surface area contributed by atoms with Crippen LogP contribution in [0.2, 0.25) is 0 Å². The number of aliphatic hydroxyl groups is 1. The van der Waals surface area contributed by atoms with E-state index in [4.69, 9.17) is 9.40 Å². The number of nitrogens with zero attached hydrogens (tertiary/aromatic N) is 4. The summed E-state index contributed by atoms with van der Waals surface area (Å²) in [5.41, 5.74) is 7.53. The third-order valence-corrected chi connectivity index (χ3v) is 6.19. The van der Waals surface area contributed by atoms with Gasteiger partial charge in [0.15, 0.2) is 5.82 Å². The van der Waals surface area contributed by atoms with Gasteiger partial charge in [0.05, 0.1) is 35.4 Å². The third-order valence-electron chi connectivity index (χ3n) is 6.19. The first-order valence-electron chi connectivity index (χ1n) is 12.1. The summed E-state index contributed by atoms with van der Waals surface area (Å²) in [5.74, 6) is 0.648. The van der Waals surface area contributed by atoms with Gasteiger partial charge in [0.2, 0.25) is 0 Å². The molecular weight excluding hydrogens is 466 g/mol. The molecule has 5 aromatic heterocycles. The van der Waals surface area contributed by atoms with E-state index in [0.29, 0.717) is 17.9 Å². The van der Waals surface area contributed by atoms with Gasteiger partial charge in [-0.05, 0) is 47.7 Å². The van der Waals surface area contributed by atoms with Crippen molar-refractivity contribution in [2.75, 3.05) is 5.32 Å². The zero-order chi connectivity index (χ0) is 25.6. The number of furan rings is 1. The first kappa shape index (κ1) is 22.9. The van der Waals surface area contributed by atoms with E-state index in [0.717, 1.165) is 50.0 Å². The monoisotopic (exact) mass is 493 g/mol. The lowest BCUT2D eigenvalue weighted by molar-refractivity contribution is 0.145. The Balaban J connectivity index is 1.36. The largest absolute Gasteiger partial charge is 0.472 e. The lowest BCUT2D eigenvalue weighted by atomic mass is 9.91. The molecule has 0 bridgehead atoms. The smallest absolute Gasteiger partial charge is 0.159 e. The predicted octanol–water partition coefficient (Wildman–Crippen LogP) is 5.99. The van der Waals surface area contributed by atoms with Crippen LogP contribution in [-0.2, 0) is 0 Å². The minimum absolute atomic E-state index is 0.00613. The van der Waals surface area contributed by atoms with Gasteiger partial charge < -0.3 is 19.8 Å². The number of pyridine rings is 2. The van der Waals surface area contributed by atoms with Gasteiger partial charge in [-0.1, -0.05) is 26.8 Å². The Kier molecular flexibility index (Phi) is 5.49. The molecule has 37 heavy (non-hydrogen) atoms. The minimum atomic E-state index is -0.658. The molecule has 6 aromatic rings. The molecule has 0 saturated heterocycles. The van der Waals surface area contributed by atoms with Crippen molar-refractivity contribution in [3.05, 3.63) is 67.5 Å². The van der Waals surface area contributed by atoms with E-state index in [9.17, 15) is 5.11 Å². The Morgan fingerprint density at radius 3 is 2.70 bits per heavy atom. The summed E-state index contributed by atoms with van der Waals surface area (Å²) >= 11 is 0. The normalized spacial score (nSPS) is 12.9. The number of fused-ring (bicyclic) bond motifs is 2. The Morgan fingerprint density at radius 1 is 1.00 bits per heavy atom. The summed E-state index contributed by atoms with van der Waals surface area (Å²) in [4.78, 5) is 17.1. The van der Waals surface area contributed by atoms with Crippen LogP contribution in [0, 0.1) is 5.41 Å². The second kappa shape index (κ2) is 8.86. The zero-order valence-electron chi connectivity index (χ0n) is 20.8. The highest BCUT2D eigenvalue weighted by Gasteiger charge is 2.18. The van der Waals surface area contributed by atoms with Crippen LogP contribution in [0.3, 0.4) is 0 Å². The van der Waals surface area contributed by atoms with Crippen molar-refractivity contribution in [2.24, 2.45) is 5.41 Å². The van der Waals surface area contributed by atoms with Crippen molar-refractivity contribution >= 4 is 27.6 Å². The van der Waals surface area contributed by atoms with Gasteiger partial charge in [0.25, 0.3) is 0 Å². The lowest BCUT2D eigenvalue weighted by Crippen LogP contribution is -2.25. The fourth-order valence-corrected chi connectivity index (χ4v) is 4.53. The fourth-order valence-electron chi connectivity index (χ4n) is 4.53. The van der Waals surface area contributed by atoms with Crippen molar-refractivity contribution in [3.8, 4) is 33.9 Å². The molecule has 0 aliphatic heterocycles. The molecule has 0 saturated carbocycles. The molecule has 9 heteroatoms. The standard InChI is InChI=1S/C28H27N7O2/c1-28(2,3)12-23(36)31-19-10-18(13-29-14-19)16-4-5-21-20(11-16)25(35-34-21)27-32-22-6-8-30-24(26(22)33-27)17-7-9-37-15-17/h4-11,13-15,23,31,36H,12H2,1-3H3,(H,32,33)(H,34,35). The fraction of sp³-hybridized carbons (Fsp3) is 0.214. The highest BCUT2D eigenvalue weighted by molar-refractivity contribution is 5.97. The molecule has 1 aromatic carbocycles. The first-order valence-corrected chi connectivity index (χ1v) is 12.1. The molecule has 6 rings (SSSR count). The second-order valence-corrected chi connectivity index (χ2v) is 10.4. The number of aromatic amines is 2. The molecule has 5 heterocycles. The van der Waals surface area contributed by atoms with Crippen molar-refractivity contribution in [3.63, 3.8) is 0 Å². The molecular formula is C28H27N7O2. The van der Waals surface area contributed by atoms with Crippen LogP contribution in [0.5, 0.6) is 0 Å². The van der Waals surface area contributed by atoms with Crippen molar-refractivity contribution < 1.29 is 9.52 Å². The van der Waals surface area contributed by atoms with Gasteiger partial charge in [-0.2, -0.15) is 5.10 Å². The Labute approximate surface area is 213 Å². The molecule has 0 aliphatic rings. The zero-order valence-corrected chi connectivity index (χ0v) is 20.8. The highest BCUT2D eigenvalue weighted by Crippen LogP contribution is 2.33. The van der Waals surface area contributed by atoms with Gasteiger partial charge in [-0.25, -0.2) is 4.98 Å². The van der Waals surface area contributed by atoms with Crippen LogP contribution < -0.4 is 5.32 Å². The van der Waals surface area contributed by atoms with Gasteiger partial charge in [0, 0.05) is 28.9 Å². The molecule has 1 atom stereocenters. The topological polar surface area (TPSA) is 129 Å². The maximum absolute atomic E-state index is 10.4. The minimum Gasteiger partial charge on any atom is -0.472 e. The third kappa shape index (κ3) is 4.56. The van der Waals surface area contributed by atoms with E-state index in [2.05, 4.69) is 57.3 Å². The van der Waals surface area contributed by atoms with Crippen LogP contribution >= 0.6 is 0 Å². The maximum Gasteiger partial charge on any atom is 0.159 e. The van der Waals surface area contributed by atoms with E-state index in [-0.39, 0.29) is 5.41 Å². The second-order valence-electron chi connectivity index (χ2n) is 10.4. The number of nitrogens with one attached hydrogen (secondary N) is 3. The van der Waals surface area contributed by atoms with Gasteiger partial charge in [-0.15, -0.1) is 0 Å². The summed E-state index contributed by atoms with van der Waals surface area (Å²) in [6.07, 6.45) is 8.53. The number of imidazole rings is 1. The Bertz CT molecular complexity index is 1690. The van der Waals surface area contributed by atoms with Crippen LogP contribution in [0.25, 0.3) is 55.8 Å². The van der Waals surface area contributed by atoms with Crippen LogP contribution in [0.4, 0.5) is 5.69 Å². The molecule has 0 fully saturated rings. The number of anilines is 1. The molecule has 1 unspecified atom stereocenters. The van der Waals surface area contributed by atoms with Gasteiger partial charge >= 0.3 is 0 Å². The van der Waals surface area contributed by atoms with Crippen LogP contribution in [-0.4, -0.2) is 41.5 Å². The summed E-state index contributed by atoms with van der Waals surface area (Å²) in [7, 11) is 0. The van der Waals surface area contributed by atoms with Crippen molar-refractivity contribution in [1.82, 2.24) is 30.1 Å². The first-order chi connectivity index (χ1) is 17.8. The van der Waals surface area contributed by atoms with Crippen LogP contribution in [0.15, 0.2) is 71.9 Å². The number of H-pyrrole nitrogens is 2. The summed E-state index contributed by atoms with van der Waals surface area (Å²) in [6, 6.07) is 11.8. The molecule has 0 radical (unpaired) electrons. The number of aliphatic hydroxyl groups excluding tert-OH is 1. The van der Waals surface area contributed by atoms with E-state index in [1.165, 1.54) is 0 Å². The average molecular weight is 494 g/mol. The lowest BCUT2D eigenvalue weighted by Gasteiger charge is -2.23.